The van der Waals surface area contributed by atoms with E-state index in [2.05, 4.69) is 40.6 Å². The summed E-state index contributed by atoms with van der Waals surface area (Å²) >= 11 is 6.39. The third-order valence-corrected chi connectivity index (χ3v) is 10.3. The third-order valence-electron chi connectivity index (χ3n) is 8.89. The van der Waals surface area contributed by atoms with Gasteiger partial charge in [0.05, 0.1) is 22.9 Å². The highest BCUT2D eigenvalue weighted by atomic mass is 35.5. The minimum Gasteiger partial charge on any atom is -0.490 e. The fourth-order valence-corrected chi connectivity index (χ4v) is 7.82. The highest BCUT2D eigenvalue weighted by Gasteiger charge is 2.43. The molecule has 7 heteroatoms. The zero-order chi connectivity index (χ0) is 25.4. The van der Waals surface area contributed by atoms with Crippen LogP contribution in [0.3, 0.4) is 0 Å². The fraction of sp³-hybridized carbons (Fsp3) is 0.533. The zero-order valence-corrected chi connectivity index (χ0v) is 23.2. The number of thiol groups is 1. The van der Waals surface area contributed by atoms with Crippen LogP contribution in [0.15, 0.2) is 53.1 Å². The van der Waals surface area contributed by atoms with Crippen molar-refractivity contribution in [3.8, 4) is 11.5 Å². The van der Waals surface area contributed by atoms with Crippen LogP contribution >= 0.6 is 11.6 Å². The lowest BCUT2D eigenvalue weighted by molar-refractivity contribution is 0.174. The Kier molecular flexibility index (Phi) is 7.15. The molecule has 2 aromatic carbocycles. The minimum absolute atomic E-state index is 0.0813. The van der Waals surface area contributed by atoms with Gasteiger partial charge in [0.2, 0.25) is 0 Å². The number of rotatable bonds is 0. The van der Waals surface area contributed by atoms with Crippen molar-refractivity contribution in [2.75, 3.05) is 30.3 Å². The van der Waals surface area contributed by atoms with E-state index in [4.69, 9.17) is 21.2 Å². The maximum absolute atomic E-state index is 12.6. The monoisotopic (exact) mass is 540 g/mol. The molecule has 2 heterocycles. The SMILES string of the molecule is C[C@H]1C/C=C/C[C@@H]2CC[C@H]2CN2C[C@@]3(CCCc4cc(Cl)ccc43)COc3ccc(cc32)O/N=[SH](=O)\C1. The molecule has 2 bridgehead atoms. The van der Waals surface area contributed by atoms with Crippen molar-refractivity contribution in [2.45, 2.75) is 57.3 Å². The molecule has 5 nitrogen and oxygen atoms in total. The summed E-state index contributed by atoms with van der Waals surface area (Å²) in [6.07, 6.45) is 12.5. The van der Waals surface area contributed by atoms with Gasteiger partial charge < -0.3 is 14.5 Å². The highest BCUT2D eigenvalue weighted by molar-refractivity contribution is 7.74. The first kappa shape index (κ1) is 25.1. The van der Waals surface area contributed by atoms with E-state index in [1.807, 2.05) is 24.3 Å². The van der Waals surface area contributed by atoms with E-state index in [0.29, 0.717) is 35.9 Å². The van der Waals surface area contributed by atoms with Gasteiger partial charge in [-0.25, -0.2) is 4.21 Å². The van der Waals surface area contributed by atoms with Crippen LogP contribution < -0.4 is 14.5 Å². The van der Waals surface area contributed by atoms with Gasteiger partial charge in [-0.05, 0) is 103 Å². The summed E-state index contributed by atoms with van der Waals surface area (Å²) in [5.74, 6) is 3.74. The van der Waals surface area contributed by atoms with E-state index < -0.39 is 10.6 Å². The van der Waals surface area contributed by atoms with Crippen LogP contribution in [0.25, 0.3) is 0 Å². The number of hydrogen-bond acceptors (Lipinski definition) is 5. The predicted molar refractivity (Wildman–Crippen MR) is 151 cm³/mol. The zero-order valence-electron chi connectivity index (χ0n) is 21.6. The number of aryl methyl sites for hydroxylation is 1. The second kappa shape index (κ2) is 10.5. The molecule has 6 rings (SSSR count). The molecule has 0 radical (unpaired) electrons. The normalized spacial score (nSPS) is 32.9. The molecular formula is C30H37ClN2O3S. The Morgan fingerprint density at radius 3 is 2.84 bits per heavy atom. The summed E-state index contributed by atoms with van der Waals surface area (Å²) in [5, 5.41) is 0.808. The van der Waals surface area contributed by atoms with Gasteiger partial charge in [-0.1, -0.05) is 36.7 Å². The van der Waals surface area contributed by atoms with E-state index in [9.17, 15) is 4.21 Å². The van der Waals surface area contributed by atoms with Gasteiger partial charge in [0.1, 0.15) is 5.75 Å². The summed E-state index contributed by atoms with van der Waals surface area (Å²) in [6, 6.07) is 12.3. The number of fused-ring (bicyclic) bond motifs is 4. The predicted octanol–water partition coefficient (Wildman–Crippen LogP) is 6.78. The quantitative estimate of drug-likeness (QED) is 0.295. The molecule has 1 unspecified atom stereocenters. The first-order chi connectivity index (χ1) is 18.0. The van der Waals surface area contributed by atoms with Crippen molar-refractivity contribution in [3.63, 3.8) is 0 Å². The van der Waals surface area contributed by atoms with Gasteiger partial charge in [-0.3, -0.25) is 0 Å². The Morgan fingerprint density at radius 2 is 1.97 bits per heavy atom. The Morgan fingerprint density at radius 1 is 1.11 bits per heavy atom. The van der Waals surface area contributed by atoms with Crippen LogP contribution in [0.5, 0.6) is 11.5 Å². The molecule has 5 atom stereocenters. The number of halogens is 1. The topological polar surface area (TPSA) is 51.1 Å². The maximum atomic E-state index is 12.6. The minimum atomic E-state index is -1.77. The molecule has 37 heavy (non-hydrogen) atoms. The molecule has 0 aromatic heterocycles. The van der Waals surface area contributed by atoms with Gasteiger partial charge in [0.15, 0.2) is 5.75 Å². The largest absolute Gasteiger partial charge is 0.490 e. The van der Waals surface area contributed by atoms with Crippen LogP contribution in [0.1, 0.15) is 56.6 Å². The summed E-state index contributed by atoms with van der Waals surface area (Å²) in [6.45, 7) is 4.69. The summed E-state index contributed by atoms with van der Waals surface area (Å²) in [4.78, 5) is 8.26. The average Bonchev–Trinajstić information content (AvgIpc) is 3.02. The number of anilines is 1. The van der Waals surface area contributed by atoms with Gasteiger partial charge in [0.25, 0.3) is 0 Å². The lowest BCUT2D eigenvalue weighted by Crippen LogP contribution is -2.48. The van der Waals surface area contributed by atoms with Gasteiger partial charge in [-0.15, -0.1) is 0 Å². The Hall–Kier alpha value is -2.18. The average molecular weight is 541 g/mol. The third kappa shape index (κ3) is 5.24. The van der Waals surface area contributed by atoms with Crippen LogP contribution in [-0.4, -0.2) is 29.7 Å². The van der Waals surface area contributed by atoms with E-state index in [-0.39, 0.29) is 5.41 Å². The maximum Gasteiger partial charge on any atom is 0.161 e. The van der Waals surface area contributed by atoms with Crippen LogP contribution in [0.4, 0.5) is 5.69 Å². The van der Waals surface area contributed by atoms with Crippen LogP contribution in [-0.2, 0) is 22.4 Å². The lowest BCUT2D eigenvalue weighted by atomic mass is 9.69. The number of hydrogen-bond donors (Lipinski definition) is 1. The van der Waals surface area contributed by atoms with E-state index in [1.165, 1.54) is 24.0 Å². The Bertz CT molecular complexity index is 1270. The number of benzene rings is 2. The first-order valence-electron chi connectivity index (χ1n) is 13.8. The summed E-state index contributed by atoms with van der Waals surface area (Å²) in [5.41, 5.74) is 3.72. The standard InChI is InChI=1S/C30H37ClN2O3S/c1-21-5-2-3-6-22-8-9-24(22)17-33-19-30(14-4-7-23-15-25(31)10-12-27(23)30)20-35-29-13-11-26(16-28(29)33)36-32-37(34)18-21/h2-3,10-13,15-16,21-22,24,37H,4-9,14,17-20H2,1H3/b3-2+/t21-,22+,24-,30-/m0/s1. The molecule has 198 valence electrons. The van der Waals surface area contributed by atoms with E-state index >= 15 is 0 Å². The molecule has 4 aliphatic rings. The van der Waals surface area contributed by atoms with Crippen LogP contribution in [0.2, 0.25) is 5.02 Å². The van der Waals surface area contributed by atoms with Gasteiger partial charge in [0, 0.05) is 35.3 Å². The van der Waals surface area contributed by atoms with Crippen molar-refractivity contribution in [1.82, 2.24) is 0 Å². The lowest BCUT2D eigenvalue weighted by Gasteiger charge is -2.44. The smallest absolute Gasteiger partial charge is 0.161 e. The molecule has 1 fully saturated rings. The number of allylic oxidation sites excluding steroid dienone is 2. The second-order valence-electron chi connectivity index (χ2n) is 11.6. The summed E-state index contributed by atoms with van der Waals surface area (Å²) in [7, 11) is -1.77. The molecular weight excluding hydrogens is 504 g/mol. The Labute approximate surface area is 227 Å². The molecule has 1 saturated carbocycles. The van der Waals surface area contributed by atoms with E-state index in [1.54, 1.807) is 0 Å². The molecule has 0 saturated heterocycles. The summed E-state index contributed by atoms with van der Waals surface area (Å²) < 4.78 is 23.2. The van der Waals surface area contributed by atoms with E-state index in [0.717, 1.165) is 61.7 Å². The number of ether oxygens (including phenoxy) is 1. The van der Waals surface area contributed by atoms with Gasteiger partial charge >= 0.3 is 0 Å². The molecule has 0 N–H and O–H groups in total. The first-order valence-corrected chi connectivity index (χ1v) is 15.5. The molecule has 2 aliphatic carbocycles. The molecule has 1 spiro atoms. The molecule has 0 amide bonds. The van der Waals surface area contributed by atoms with Crippen molar-refractivity contribution >= 4 is 27.9 Å². The second-order valence-corrected chi connectivity index (χ2v) is 13.3. The highest BCUT2D eigenvalue weighted by Crippen LogP contribution is 2.47. The Balaban J connectivity index is 1.38. The van der Waals surface area contributed by atoms with Crippen molar-refractivity contribution in [3.05, 3.63) is 64.7 Å². The van der Waals surface area contributed by atoms with Crippen LogP contribution in [0, 0.1) is 17.8 Å². The van der Waals surface area contributed by atoms with Crippen molar-refractivity contribution in [1.29, 1.82) is 0 Å². The number of nitrogens with zero attached hydrogens (tertiary/aromatic N) is 2. The van der Waals surface area contributed by atoms with Gasteiger partial charge in [-0.2, -0.15) is 0 Å². The van der Waals surface area contributed by atoms with Crippen molar-refractivity contribution < 1.29 is 13.8 Å². The molecule has 2 aliphatic heterocycles. The fourth-order valence-electron chi connectivity index (χ4n) is 6.69. The molecule has 2 aromatic rings. The van der Waals surface area contributed by atoms with Crippen molar-refractivity contribution in [2.24, 2.45) is 22.3 Å².